The smallest absolute Gasteiger partial charge is 0.246 e. The first-order valence-electron chi connectivity index (χ1n) is 10.8. The Balaban J connectivity index is 1.42. The van der Waals surface area contributed by atoms with E-state index in [1.165, 1.54) is 41.4 Å². The minimum Gasteiger partial charge on any atom is -0.486 e. The fraction of sp³-hybridized carbons (Fsp3) is 0.240. The Kier molecular flexibility index (Phi) is 7.22. The van der Waals surface area contributed by atoms with Crippen LogP contribution in [0.1, 0.15) is 19.5 Å². The summed E-state index contributed by atoms with van der Waals surface area (Å²) in [6.07, 6.45) is 2.74. The molecule has 1 aliphatic heterocycles. The van der Waals surface area contributed by atoms with Crippen LogP contribution in [0.5, 0.6) is 11.5 Å². The van der Waals surface area contributed by atoms with Gasteiger partial charge in [-0.05, 0) is 37.3 Å². The van der Waals surface area contributed by atoms with Crippen molar-refractivity contribution in [2.24, 2.45) is 0 Å². The summed E-state index contributed by atoms with van der Waals surface area (Å²) in [4.78, 5) is 32.3. The van der Waals surface area contributed by atoms with Gasteiger partial charge in [0.2, 0.25) is 11.8 Å². The number of halogens is 1. The van der Waals surface area contributed by atoms with E-state index >= 15 is 0 Å². The highest BCUT2D eigenvalue weighted by Crippen LogP contribution is 2.32. The van der Waals surface area contributed by atoms with E-state index in [1.54, 1.807) is 28.5 Å². The first-order chi connectivity index (χ1) is 16.5. The predicted octanol–water partition coefficient (Wildman–Crippen LogP) is 4.67. The molecule has 9 heteroatoms. The maximum Gasteiger partial charge on any atom is 0.246 e. The van der Waals surface area contributed by atoms with E-state index in [9.17, 15) is 14.0 Å². The molecule has 176 valence electrons. The van der Waals surface area contributed by atoms with E-state index in [2.05, 4.69) is 4.98 Å². The van der Waals surface area contributed by atoms with Gasteiger partial charge in [-0.3, -0.25) is 14.5 Å². The second kappa shape index (κ2) is 10.5. The second-order valence-electron chi connectivity index (χ2n) is 7.57. The van der Waals surface area contributed by atoms with Gasteiger partial charge >= 0.3 is 0 Å². The van der Waals surface area contributed by atoms with E-state index in [-0.39, 0.29) is 23.6 Å². The summed E-state index contributed by atoms with van der Waals surface area (Å²) in [5.41, 5.74) is 0.627. The number of anilines is 2. The molecule has 1 aromatic heterocycles. The molecule has 34 heavy (non-hydrogen) atoms. The third kappa shape index (κ3) is 5.26. The number of rotatable bonds is 7. The van der Waals surface area contributed by atoms with Crippen LogP contribution in [-0.2, 0) is 9.59 Å². The second-order valence-corrected chi connectivity index (χ2v) is 8.41. The molecule has 0 saturated carbocycles. The Morgan fingerprint density at radius 1 is 1.18 bits per heavy atom. The first-order valence-corrected chi connectivity index (χ1v) is 11.7. The van der Waals surface area contributed by atoms with Gasteiger partial charge in [-0.1, -0.05) is 24.3 Å². The number of aromatic nitrogens is 1. The highest BCUT2D eigenvalue weighted by Gasteiger charge is 2.24. The highest BCUT2D eigenvalue weighted by molar-refractivity contribution is 7.14. The molecule has 1 unspecified atom stereocenters. The van der Waals surface area contributed by atoms with Crippen molar-refractivity contribution >= 4 is 40.0 Å². The van der Waals surface area contributed by atoms with Crippen LogP contribution in [0, 0.1) is 5.82 Å². The maximum absolute atomic E-state index is 14.2. The molecule has 0 bridgehead atoms. The average Bonchev–Trinajstić information content (AvgIpc) is 3.30. The fourth-order valence-corrected chi connectivity index (χ4v) is 4.38. The zero-order valence-corrected chi connectivity index (χ0v) is 19.6. The number of benzene rings is 2. The van der Waals surface area contributed by atoms with E-state index in [4.69, 9.17) is 9.47 Å². The van der Waals surface area contributed by atoms with Gasteiger partial charge < -0.3 is 14.4 Å². The van der Waals surface area contributed by atoms with Gasteiger partial charge in [0.05, 0.1) is 17.9 Å². The molecule has 0 saturated heterocycles. The summed E-state index contributed by atoms with van der Waals surface area (Å²) >= 11 is 1.19. The molecule has 2 amide bonds. The molecule has 0 fully saturated rings. The average molecular weight is 482 g/mol. The summed E-state index contributed by atoms with van der Waals surface area (Å²) < 4.78 is 25.9. The molecule has 2 heterocycles. The van der Waals surface area contributed by atoms with E-state index in [0.29, 0.717) is 42.0 Å². The van der Waals surface area contributed by atoms with Crippen LogP contribution < -0.4 is 14.4 Å². The molecule has 0 N–H and O–H groups in total. The lowest BCUT2D eigenvalue weighted by Gasteiger charge is -2.30. The largest absolute Gasteiger partial charge is 0.486 e. The Hall–Kier alpha value is -3.72. The molecule has 3 aromatic rings. The van der Waals surface area contributed by atoms with Crippen LogP contribution in [0.3, 0.4) is 0 Å². The number of hydrogen-bond acceptors (Lipinski definition) is 6. The lowest BCUT2D eigenvalue weighted by atomic mass is 10.2. The van der Waals surface area contributed by atoms with E-state index < -0.39 is 5.82 Å². The normalized spacial score (nSPS) is 14.7. The number of nitrogens with zero attached hydrogens (tertiary/aromatic N) is 3. The van der Waals surface area contributed by atoms with Gasteiger partial charge in [0.25, 0.3) is 0 Å². The lowest BCUT2D eigenvalue weighted by Crippen LogP contribution is -2.43. The first kappa shape index (κ1) is 23.4. The minimum absolute atomic E-state index is 0.129. The van der Waals surface area contributed by atoms with Crippen molar-refractivity contribution in [2.45, 2.75) is 20.0 Å². The Morgan fingerprint density at radius 3 is 2.65 bits per heavy atom. The summed E-state index contributed by atoms with van der Waals surface area (Å²) in [5, 5.41) is 2.03. The van der Waals surface area contributed by atoms with Gasteiger partial charge in [0.1, 0.15) is 12.4 Å². The number of thiazole rings is 1. The highest BCUT2D eigenvalue weighted by atomic mass is 32.1. The van der Waals surface area contributed by atoms with Crippen molar-refractivity contribution in [2.75, 3.05) is 24.6 Å². The van der Waals surface area contributed by atoms with Crippen LogP contribution in [0.25, 0.3) is 6.08 Å². The molecule has 2 aromatic carbocycles. The van der Waals surface area contributed by atoms with Gasteiger partial charge in [-0.15, -0.1) is 11.3 Å². The quantitative estimate of drug-likeness (QED) is 0.459. The maximum atomic E-state index is 14.2. The SMILES string of the molecule is CCN(CC1COc2ccccc2O1)C(=O)/C=C/c1csc(N(C(C)=O)c2ccccc2F)n1. The molecule has 0 aliphatic carbocycles. The third-order valence-corrected chi connectivity index (χ3v) is 6.03. The molecular formula is C25H24FN3O4S. The van der Waals surface area contributed by atoms with Crippen LogP contribution in [0.4, 0.5) is 15.2 Å². The Labute approximate surface area is 201 Å². The number of fused-ring (bicyclic) bond motifs is 1. The van der Waals surface area contributed by atoms with Crippen molar-refractivity contribution < 1.29 is 23.5 Å². The van der Waals surface area contributed by atoms with Crippen LogP contribution in [0.2, 0.25) is 0 Å². The topological polar surface area (TPSA) is 72.0 Å². The summed E-state index contributed by atoms with van der Waals surface area (Å²) in [6, 6.07) is 13.5. The third-order valence-electron chi connectivity index (χ3n) is 5.19. The fourth-order valence-electron chi connectivity index (χ4n) is 3.53. The number of likely N-dealkylation sites (N-methyl/N-ethyl adjacent to an activating group) is 1. The predicted molar refractivity (Wildman–Crippen MR) is 129 cm³/mol. The van der Waals surface area contributed by atoms with Crippen molar-refractivity contribution in [1.82, 2.24) is 9.88 Å². The molecule has 1 aliphatic rings. The van der Waals surface area contributed by atoms with Gasteiger partial charge in [0, 0.05) is 24.9 Å². The zero-order chi connectivity index (χ0) is 24.1. The number of carbonyl (C=O) groups is 2. The van der Waals surface area contributed by atoms with Crippen molar-refractivity contribution in [3.05, 3.63) is 71.5 Å². The minimum atomic E-state index is -0.518. The molecule has 7 nitrogen and oxygen atoms in total. The number of para-hydroxylation sites is 3. The molecule has 0 radical (unpaired) electrons. The lowest BCUT2D eigenvalue weighted by molar-refractivity contribution is -0.127. The molecule has 0 spiro atoms. The molecular weight excluding hydrogens is 457 g/mol. The summed E-state index contributed by atoms with van der Waals surface area (Å²) in [7, 11) is 0. The van der Waals surface area contributed by atoms with Crippen molar-refractivity contribution in [3.63, 3.8) is 0 Å². The van der Waals surface area contributed by atoms with Gasteiger partial charge in [0.15, 0.2) is 22.7 Å². The van der Waals surface area contributed by atoms with E-state index in [0.717, 1.165) is 0 Å². The molecule has 4 rings (SSSR count). The number of ether oxygens (including phenoxy) is 2. The van der Waals surface area contributed by atoms with Crippen molar-refractivity contribution in [3.8, 4) is 11.5 Å². The summed E-state index contributed by atoms with van der Waals surface area (Å²) in [5.74, 6) is 0.284. The van der Waals surface area contributed by atoms with Crippen molar-refractivity contribution in [1.29, 1.82) is 0 Å². The molecule has 1 atom stereocenters. The van der Waals surface area contributed by atoms with Crippen LogP contribution in [0.15, 0.2) is 60.0 Å². The monoisotopic (exact) mass is 481 g/mol. The summed E-state index contributed by atoms with van der Waals surface area (Å²) in [6.45, 7) is 4.47. The van der Waals surface area contributed by atoms with Gasteiger partial charge in [-0.2, -0.15) is 0 Å². The standard InChI is InChI=1S/C25H24FN3O4S/c1-3-28(14-19-15-32-22-10-6-7-11-23(22)33-19)24(31)13-12-18-16-34-25(27-18)29(17(2)30)21-9-5-4-8-20(21)26/h4-13,16,19H,3,14-15H2,1-2H3/b13-12+. The Bertz CT molecular complexity index is 1210. The number of amides is 2. The van der Waals surface area contributed by atoms with Crippen LogP contribution >= 0.6 is 11.3 Å². The zero-order valence-electron chi connectivity index (χ0n) is 18.8. The van der Waals surface area contributed by atoms with Gasteiger partial charge in [-0.25, -0.2) is 9.37 Å². The number of carbonyl (C=O) groups excluding carboxylic acids is 2. The Morgan fingerprint density at radius 2 is 1.91 bits per heavy atom. The number of hydrogen-bond donors (Lipinski definition) is 0. The van der Waals surface area contributed by atoms with Crippen LogP contribution in [-0.4, -0.2) is 47.5 Å². The van der Waals surface area contributed by atoms with E-state index in [1.807, 2.05) is 31.2 Å².